The second-order valence-corrected chi connectivity index (χ2v) is 8.93. The van der Waals surface area contributed by atoms with Gasteiger partial charge in [-0.05, 0) is 55.5 Å². The molecule has 2 aromatic heterocycles. The van der Waals surface area contributed by atoms with E-state index in [1.54, 1.807) is 6.07 Å². The number of hydrogen-bond acceptors (Lipinski definition) is 4. The van der Waals surface area contributed by atoms with Gasteiger partial charge in [-0.3, -0.25) is 9.78 Å². The Morgan fingerprint density at radius 3 is 2.29 bits per heavy atom. The highest BCUT2D eigenvalue weighted by molar-refractivity contribution is 5.26. The highest BCUT2D eigenvalue weighted by atomic mass is 19.4. The summed E-state index contributed by atoms with van der Waals surface area (Å²) in [5.74, 6) is -0.832. The minimum absolute atomic E-state index is 0.162. The van der Waals surface area contributed by atoms with Gasteiger partial charge >= 0.3 is 12.4 Å². The lowest BCUT2D eigenvalue weighted by Crippen LogP contribution is -2.31. The Morgan fingerprint density at radius 2 is 1.71 bits per heavy atom. The van der Waals surface area contributed by atoms with Gasteiger partial charge < -0.3 is 4.74 Å². The summed E-state index contributed by atoms with van der Waals surface area (Å²) in [5.41, 5.74) is -0.988. The van der Waals surface area contributed by atoms with E-state index in [9.17, 15) is 35.5 Å². The molecule has 0 unspecified atom stereocenters. The van der Waals surface area contributed by atoms with Crippen molar-refractivity contribution < 1.29 is 35.5 Å². The van der Waals surface area contributed by atoms with E-state index in [-0.39, 0.29) is 17.3 Å². The lowest BCUT2D eigenvalue weighted by atomic mass is 9.85. The van der Waals surface area contributed by atoms with Gasteiger partial charge in [-0.25, -0.2) is 9.07 Å². The fourth-order valence-corrected chi connectivity index (χ4v) is 4.15. The first-order valence-electron chi connectivity index (χ1n) is 11.9. The van der Waals surface area contributed by atoms with Crippen LogP contribution in [0.1, 0.15) is 60.4 Å². The van der Waals surface area contributed by atoms with Crippen molar-refractivity contribution in [2.75, 3.05) is 6.61 Å². The molecule has 38 heavy (non-hydrogen) atoms. The molecule has 0 spiro atoms. The van der Waals surface area contributed by atoms with Crippen LogP contribution in [0, 0.1) is 12.7 Å². The zero-order chi connectivity index (χ0) is 27.9. The van der Waals surface area contributed by atoms with Crippen LogP contribution < -0.4 is 10.3 Å². The highest BCUT2D eigenvalue weighted by Gasteiger charge is 2.34. The smallest absolute Gasteiger partial charge is 0.422 e. The van der Waals surface area contributed by atoms with Crippen molar-refractivity contribution >= 4 is 0 Å². The molecular formula is C26H26F7N3O2. The molecule has 1 aromatic carbocycles. The van der Waals surface area contributed by atoms with Crippen molar-refractivity contribution in [3.8, 4) is 5.88 Å². The monoisotopic (exact) mass is 545 g/mol. The number of aromatic nitrogens is 3. The lowest BCUT2D eigenvalue weighted by molar-refractivity contribution is -0.154. The molecule has 0 saturated heterocycles. The number of rotatable bonds is 5. The Kier molecular flexibility index (Phi) is 9.50. The van der Waals surface area contributed by atoms with Crippen LogP contribution in [0.25, 0.3) is 0 Å². The Hall–Kier alpha value is -3.44. The van der Waals surface area contributed by atoms with Gasteiger partial charge in [0.05, 0.1) is 17.8 Å². The van der Waals surface area contributed by atoms with E-state index in [2.05, 4.69) is 10.1 Å². The Morgan fingerprint density at radius 1 is 1.00 bits per heavy atom. The standard InChI is InChI=1S/C19H19F6N3O2.C7H7F/c20-18(21,22)11-30-16-9-13(12-5-2-1-3-6-12)17(29)28(27-16)10-15-14(19(23,24)25)7-4-8-26-15;1-6-3-2-4-7(8)5-6/h4,7-9,12H,1-3,5-6,10-11H2;2-5H,1H3. The summed E-state index contributed by atoms with van der Waals surface area (Å²) in [4.78, 5) is 16.6. The average Bonchev–Trinajstić information content (AvgIpc) is 2.84. The van der Waals surface area contributed by atoms with Crippen LogP contribution in [0.5, 0.6) is 5.88 Å². The van der Waals surface area contributed by atoms with E-state index in [1.165, 1.54) is 18.2 Å². The number of ether oxygens (including phenoxy) is 1. The van der Waals surface area contributed by atoms with Crippen molar-refractivity contribution in [3.05, 3.63) is 87.2 Å². The molecule has 0 amide bonds. The quantitative estimate of drug-likeness (QED) is 0.330. The van der Waals surface area contributed by atoms with E-state index in [0.29, 0.717) is 17.5 Å². The van der Waals surface area contributed by atoms with Crippen LogP contribution >= 0.6 is 0 Å². The lowest BCUT2D eigenvalue weighted by Gasteiger charge is -2.22. The molecule has 0 bridgehead atoms. The molecule has 3 aromatic rings. The van der Waals surface area contributed by atoms with Gasteiger partial charge in [0.25, 0.3) is 5.56 Å². The molecule has 1 saturated carbocycles. The molecule has 1 fully saturated rings. The fraction of sp³-hybridized carbons (Fsp3) is 0.423. The van der Waals surface area contributed by atoms with Gasteiger partial charge in [-0.1, -0.05) is 31.4 Å². The first-order chi connectivity index (χ1) is 17.8. The first kappa shape index (κ1) is 29.1. The van der Waals surface area contributed by atoms with Gasteiger partial charge in [0, 0.05) is 17.8 Å². The minimum atomic E-state index is -4.70. The van der Waals surface area contributed by atoms with Crippen molar-refractivity contribution in [2.24, 2.45) is 0 Å². The SMILES string of the molecule is Cc1cccc(F)c1.O=c1c(C2CCCCC2)cc(OCC(F)(F)F)nn1Cc1ncccc1C(F)(F)F. The number of nitrogens with zero attached hydrogens (tertiary/aromatic N) is 3. The topological polar surface area (TPSA) is 57.0 Å². The van der Waals surface area contributed by atoms with Gasteiger partial charge in [-0.2, -0.15) is 26.3 Å². The number of halogens is 7. The zero-order valence-electron chi connectivity index (χ0n) is 20.4. The van der Waals surface area contributed by atoms with Crippen LogP contribution in [-0.2, 0) is 12.7 Å². The van der Waals surface area contributed by atoms with E-state index in [1.807, 2.05) is 13.0 Å². The summed E-state index contributed by atoms with van der Waals surface area (Å²) in [6.45, 7) is -0.403. The molecule has 206 valence electrons. The van der Waals surface area contributed by atoms with E-state index in [0.717, 1.165) is 43.2 Å². The fourth-order valence-electron chi connectivity index (χ4n) is 4.15. The largest absolute Gasteiger partial charge is 0.467 e. The van der Waals surface area contributed by atoms with Crippen LogP contribution in [0.15, 0.2) is 53.5 Å². The van der Waals surface area contributed by atoms with Crippen LogP contribution in [0.3, 0.4) is 0 Å². The van der Waals surface area contributed by atoms with Crippen molar-refractivity contribution in [1.82, 2.24) is 14.8 Å². The predicted octanol–water partition coefficient (Wildman–Crippen LogP) is 6.83. The second kappa shape index (κ2) is 12.4. The van der Waals surface area contributed by atoms with Crippen LogP contribution in [-0.4, -0.2) is 27.5 Å². The van der Waals surface area contributed by atoms with E-state index >= 15 is 0 Å². The van der Waals surface area contributed by atoms with Crippen LogP contribution in [0.2, 0.25) is 0 Å². The second-order valence-electron chi connectivity index (χ2n) is 8.93. The molecule has 0 radical (unpaired) electrons. The molecule has 1 aliphatic rings. The summed E-state index contributed by atoms with van der Waals surface area (Å²) in [7, 11) is 0. The van der Waals surface area contributed by atoms with Gasteiger partial charge in [0.1, 0.15) is 5.82 Å². The first-order valence-corrected chi connectivity index (χ1v) is 11.9. The van der Waals surface area contributed by atoms with E-state index < -0.39 is 48.2 Å². The van der Waals surface area contributed by atoms with Gasteiger partial charge in [-0.15, -0.1) is 5.10 Å². The van der Waals surface area contributed by atoms with E-state index in [4.69, 9.17) is 4.74 Å². The third kappa shape index (κ3) is 8.56. The van der Waals surface area contributed by atoms with Gasteiger partial charge in [0.2, 0.25) is 5.88 Å². The normalized spacial score (nSPS) is 14.5. The van der Waals surface area contributed by atoms with Gasteiger partial charge in [0.15, 0.2) is 6.61 Å². The maximum absolute atomic E-state index is 13.3. The Balaban J connectivity index is 0.000000427. The maximum Gasteiger partial charge on any atom is 0.422 e. The number of benzene rings is 1. The average molecular weight is 545 g/mol. The third-order valence-electron chi connectivity index (χ3n) is 5.88. The predicted molar refractivity (Wildman–Crippen MR) is 125 cm³/mol. The number of alkyl halides is 6. The minimum Gasteiger partial charge on any atom is -0.467 e. The maximum atomic E-state index is 13.3. The molecule has 0 N–H and O–H groups in total. The molecule has 1 aliphatic carbocycles. The highest BCUT2D eigenvalue weighted by Crippen LogP contribution is 2.33. The molecule has 5 nitrogen and oxygen atoms in total. The third-order valence-corrected chi connectivity index (χ3v) is 5.88. The zero-order valence-corrected chi connectivity index (χ0v) is 20.4. The molecule has 0 aliphatic heterocycles. The summed E-state index contributed by atoms with van der Waals surface area (Å²) in [5, 5.41) is 3.72. The summed E-state index contributed by atoms with van der Waals surface area (Å²) in [6.07, 6.45) is -4.18. The molecule has 0 atom stereocenters. The molecule has 12 heteroatoms. The number of aryl methyl sites for hydroxylation is 1. The van der Waals surface area contributed by atoms with Crippen molar-refractivity contribution in [3.63, 3.8) is 0 Å². The van der Waals surface area contributed by atoms with Crippen molar-refractivity contribution in [2.45, 2.75) is 63.8 Å². The number of pyridine rings is 1. The molecular weight excluding hydrogens is 519 g/mol. The number of hydrogen-bond donors (Lipinski definition) is 0. The summed E-state index contributed by atoms with van der Waals surface area (Å²) >= 11 is 0. The summed E-state index contributed by atoms with van der Waals surface area (Å²) < 4.78 is 95.0. The van der Waals surface area contributed by atoms with Crippen molar-refractivity contribution in [1.29, 1.82) is 0 Å². The Bertz CT molecular complexity index is 1250. The van der Waals surface area contributed by atoms with Crippen LogP contribution in [0.4, 0.5) is 30.7 Å². The molecule has 2 heterocycles. The Labute approximate surface area is 214 Å². The molecule has 4 rings (SSSR count). The summed E-state index contributed by atoms with van der Waals surface area (Å²) in [6, 6.07) is 9.60.